The highest BCUT2D eigenvalue weighted by atomic mass is 19.1. The fraction of sp³-hybridized carbons (Fsp3) is 0.0909. The molecule has 0 fully saturated rings. The van der Waals surface area contributed by atoms with Crippen LogP contribution in [0, 0.1) is 5.82 Å². The molecule has 1 amide bonds. The molecule has 4 rings (SSSR count). The van der Waals surface area contributed by atoms with E-state index in [2.05, 4.69) is 10.3 Å². The van der Waals surface area contributed by atoms with Crippen molar-refractivity contribution < 1.29 is 23.1 Å². The number of oxazole rings is 1. The van der Waals surface area contributed by atoms with Gasteiger partial charge in [-0.05, 0) is 48.5 Å². The standard InChI is InChI=1S/C22H17FN2O4/c1-27-19-9-7-13(11-20(19)28-2)21(26)24-14-8-10-18-17(12-14)25-22(29-18)15-5-3-4-6-16(15)23/h3-12H,1-2H3,(H,24,26). The Labute approximate surface area is 165 Å². The number of aromatic nitrogens is 1. The van der Waals surface area contributed by atoms with E-state index in [-0.39, 0.29) is 17.4 Å². The molecule has 29 heavy (non-hydrogen) atoms. The minimum atomic E-state index is -0.416. The normalized spacial score (nSPS) is 10.7. The van der Waals surface area contributed by atoms with Crippen molar-refractivity contribution in [3.63, 3.8) is 0 Å². The zero-order valence-electron chi connectivity index (χ0n) is 15.7. The molecule has 0 aliphatic heterocycles. The number of fused-ring (bicyclic) bond motifs is 1. The minimum absolute atomic E-state index is 0.182. The lowest BCUT2D eigenvalue weighted by Gasteiger charge is -2.10. The number of carbonyl (C=O) groups is 1. The molecular formula is C22H17FN2O4. The van der Waals surface area contributed by atoms with Gasteiger partial charge in [-0.25, -0.2) is 9.37 Å². The Morgan fingerprint density at radius 3 is 2.55 bits per heavy atom. The maximum Gasteiger partial charge on any atom is 0.255 e. The molecule has 146 valence electrons. The first-order chi connectivity index (χ1) is 14.1. The van der Waals surface area contributed by atoms with Crippen LogP contribution >= 0.6 is 0 Å². The predicted molar refractivity (Wildman–Crippen MR) is 107 cm³/mol. The van der Waals surface area contributed by atoms with Crippen LogP contribution < -0.4 is 14.8 Å². The van der Waals surface area contributed by atoms with Gasteiger partial charge in [-0.15, -0.1) is 0 Å². The molecule has 7 heteroatoms. The molecule has 0 saturated carbocycles. The fourth-order valence-electron chi connectivity index (χ4n) is 2.94. The third kappa shape index (κ3) is 3.62. The van der Waals surface area contributed by atoms with Gasteiger partial charge in [-0.2, -0.15) is 0 Å². The van der Waals surface area contributed by atoms with Crippen LogP contribution in [-0.4, -0.2) is 25.1 Å². The average Bonchev–Trinajstić information content (AvgIpc) is 3.16. The summed E-state index contributed by atoms with van der Waals surface area (Å²) in [5, 5.41) is 2.81. The highest BCUT2D eigenvalue weighted by Gasteiger charge is 2.14. The Morgan fingerprint density at radius 2 is 1.79 bits per heavy atom. The molecule has 0 aliphatic rings. The molecule has 1 heterocycles. The summed E-state index contributed by atoms with van der Waals surface area (Å²) in [5.41, 5.74) is 2.22. The molecule has 1 N–H and O–H groups in total. The number of hydrogen-bond donors (Lipinski definition) is 1. The summed E-state index contributed by atoms with van der Waals surface area (Å²) < 4.78 is 30.0. The van der Waals surface area contributed by atoms with Gasteiger partial charge in [0.05, 0.1) is 19.8 Å². The summed E-state index contributed by atoms with van der Waals surface area (Å²) in [5.74, 6) is 0.445. The van der Waals surface area contributed by atoms with E-state index in [1.807, 2.05) is 0 Å². The second-order valence-electron chi connectivity index (χ2n) is 6.21. The number of amides is 1. The molecule has 0 saturated heterocycles. The van der Waals surface area contributed by atoms with Gasteiger partial charge < -0.3 is 19.2 Å². The maximum atomic E-state index is 14.0. The first-order valence-electron chi connectivity index (χ1n) is 8.78. The molecule has 0 spiro atoms. The van der Waals surface area contributed by atoms with Crippen molar-refractivity contribution >= 4 is 22.7 Å². The van der Waals surface area contributed by atoms with Gasteiger partial charge in [-0.1, -0.05) is 12.1 Å². The second kappa shape index (κ2) is 7.63. The maximum absolute atomic E-state index is 14.0. The number of anilines is 1. The molecule has 0 radical (unpaired) electrons. The van der Waals surface area contributed by atoms with Crippen LogP contribution in [0.2, 0.25) is 0 Å². The lowest BCUT2D eigenvalue weighted by molar-refractivity contribution is 0.102. The number of halogens is 1. The van der Waals surface area contributed by atoms with E-state index < -0.39 is 5.82 Å². The van der Waals surface area contributed by atoms with Gasteiger partial charge in [-0.3, -0.25) is 4.79 Å². The van der Waals surface area contributed by atoms with Crippen LogP contribution in [0.5, 0.6) is 11.5 Å². The zero-order chi connectivity index (χ0) is 20.4. The largest absolute Gasteiger partial charge is 0.493 e. The fourth-order valence-corrected chi connectivity index (χ4v) is 2.94. The Hall–Kier alpha value is -3.87. The van der Waals surface area contributed by atoms with Crippen molar-refractivity contribution in [1.82, 2.24) is 4.98 Å². The van der Waals surface area contributed by atoms with E-state index in [1.165, 1.54) is 20.3 Å². The average molecular weight is 392 g/mol. The first-order valence-corrected chi connectivity index (χ1v) is 8.78. The van der Waals surface area contributed by atoms with Crippen LogP contribution in [0.1, 0.15) is 10.4 Å². The topological polar surface area (TPSA) is 73.6 Å². The van der Waals surface area contributed by atoms with Gasteiger partial charge >= 0.3 is 0 Å². The summed E-state index contributed by atoms with van der Waals surface area (Å²) in [4.78, 5) is 16.9. The van der Waals surface area contributed by atoms with E-state index in [0.29, 0.717) is 33.8 Å². The van der Waals surface area contributed by atoms with Crippen LogP contribution in [0.25, 0.3) is 22.6 Å². The van der Waals surface area contributed by atoms with Crippen molar-refractivity contribution in [1.29, 1.82) is 0 Å². The Morgan fingerprint density at radius 1 is 1.00 bits per heavy atom. The molecule has 0 unspecified atom stereocenters. The zero-order valence-corrected chi connectivity index (χ0v) is 15.7. The van der Waals surface area contributed by atoms with E-state index >= 15 is 0 Å². The third-order valence-corrected chi connectivity index (χ3v) is 4.40. The number of ether oxygens (including phenoxy) is 2. The Balaban J connectivity index is 1.60. The third-order valence-electron chi connectivity index (χ3n) is 4.40. The van der Waals surface area contributed by atoms with Gasteiger partial charge in [0.25, 0.3) is 5.91 Å². The van der Waals surface area contributed by atoms with Gasteiger partial charge in [0, 0.05) is 11.3 Å². The molecule has 6 nitrogen and oxygen atoms in total. The number of carbonyl (C=O) groups excluding carboxylic acids is 1. The van der Waals surface area contributed by atoms with E-state index in [9.17, 15) is 9.18 Å². The van der Waals surface area contributed by atoms with E-state index in [4.69, 9.17) is 13.9 Å². The smallest absolute Gasteiger partial charge is 0.255 e. The number of hydrogen-bond acceptors (Lipinski definition) is 5. The molecular weight excluding hydrogens is 375 g/mol. The van der Waals surface area contributed by atoms with Crippen LogP contribution in [0.3, 0.4) is 0 Å². The lowest BCUT2D eigenvalue weighted by Crippen LogP contribution is -2.12. The van der Waals surface area contributed by atoms with Gasteiger partial charge in [0.15, 0.2) is 17.1 Å². The monoisotopic (exact) mass is 392 g/mol. The minimum Gasteiger partial charge on any atom is -0.493 e. The van der Waals surface area contributed by atoms with Gasteiger partial charge in [0.2, 0.25) is 5.89 Å². The van der Waals surface area contributed by atoms with Crippen LogP contribution in [-0.2, 0) is 0 Å². The number of benzene rings is 3. The number of nitrogens with zero attached hydrogens (tertiary/aromatic N) is 1. The highest BCUT2D eigenvalue weighted by Crippen LogP contribution is 2.29. The van der Waals surface area contributed by atoms with Crippen molar-refractivity contribution in [3.8, 4) is 23.0 Å². The van der Waals surface area contributed by atoms with E-state index in [0.717, 1.165) is 0 Å². The first kappa shape index (κ1) is 18.5. The summed E-state index contributed by atoms with van der Waals surface area (Å²) in [7, 11) is 3.03. The predicted octanol–water partition coefficient (Wildman–Crippen LogP) is 4.90. The van der Waals surface area contributed by atoms with Crippen LogP contribution in [0.15, 0.2) is 65.1 Å². The molecule has 1 aromatic heterocycles. The molecule has 4 aromatic rings. The molecule has 0 atom stereocenters. The second-order valence-corrected chi connectivity index (χ2v) is 6.21. The van der Waals surface area contributed by atoms with E-state index in [1.54, 1.807) is 54.6 Å². The van der Waals surface area contributed by atoms with Crippen molar-refractivity contribution in [2.45, 2.75) is 0 Å². The summed E-state index contributed by atoms with van der Waals surface area (Å²) in [6, 6.07) is 16.2. The van der Waals surface area contributed by atoms with Crippen LogP contribution in [0.4, 0.5) is 10.1 Å². The summed E-state index contributed by atoms with van der Waals surface area (Å²) >= 11 is 0. The summed E-state index contributed by atoms with van der Waals surface area (Å²) in [6.45, 7) is 0. The lowest BCUT2D eigenvalue weighted by atomic mass is 10.1. The SMILES string of the molecule is COc1ccc(C(=O)Nc2ccc3oc(-c4ccccc4F)nc3c2)cc1OC. The summed E-state index contributed by atoms with van der Waals surface area (Å²) in [6.07, 6.45) is 0. The molecule has 0 aliphatic carbocycles. The number of methoxy groups -OCH3 is 2. The van der Waals surface area contributed by atoms with Crippen molar-refractivity contribution in [2.24, 2.45) is 0 Å². The highest BCUT2D eigenvalue weighted by molar-refractivity contribution is 6.05. The number of rotatable bonds is 5. The Bertz CT molecular complexity index is 1200. The molecule has 3 aromatic carbocycles. The molecule has 0 bridgehead atoms. The quantitative estimate of drug-likeness (QED) is 0.523. The number of nitrogens with one attached hydrogen (secondary N) is 1. The van der Waals surface area contributed by atoms with Crippen molar-refractivity contribution in [2.75, 3.05) is 19.5 Å². The Kier molecular flexibility index (Phi) is 4.87. The van der Waals surface area contributed by atoms with Gasteiger partial charge in [0.1, 0.15) is 11.3 Å². The van der Waals surface area contributed by atoms with Crippen molar-refractivity contribution in [3.05, 3.63) is 72.0 Å².